The molecule has 2 rings (SSSR count). The molecule has 0 saturated heterocycles. The van der Waals surface area contributed by atoms with E-state index < -0.39 is 0 Å². The third kappa shape index (κ3) is 3.01. The molecule has 4 heteroatoms. The van der Waals surface area contributed by atoms with Crippen LogP contribution in [-0.2, 0) is 4.79 Å². The monoisotopic (exact) mass is 241 g/mol. The summed E-state index contributed by atoms with van der Waals surface area (Å²) >= 11 is 0. The summed E-state index contributed by atoms with van der Waals surface area (Å²) in [5.74, 6) is -0.0913. The molecule has 1 amide bonds. The summed E-state index contributed by atoms with van der Waals surface area (Å²) in [5.41, 5.74) is 9.01. The number of nitrogens with one attached hydrogen (secondary N) is 2. The van der Waals surface area contributed by atoms with Crippen molar-refractivity contribution in [3.05, 3.63) is 48.5 Å². The van der Waals surface area contributed by atoms with Crippen LogP contribution in [-0.4, -0.2) is 5.91 Å². The molecule has 0 saturated carbocycles. The lowest BCUT2D eigenvalue weighted by Crippen LogP contribution is -2.05. The van der Waals surface area contributed by atoms with Crippen LogP contribution in [0.1, 0.15) is 6.92 Å². The lowest BCUT2D eigenvalue weighted by molar-refractivity contribution is -0.114. The number of carbonyl (C=O) groups is 1. The molecule has 2 aromatic rings. The topological polar surface area (TPSA) is 67.2 Å². The van der Waals surface area contributed by atoms with Crippen LogP contribution < -0.4 is 16.4 Å². The van der Waals surface area contributed by atoms with E-state index in [4.69, 9.17) is 5.73 Å². The average Bonchev–Trinajstić information content (AvgIpc) is 2.32. The van der Waals surface area contributed by atoms with E-state index in [0.29, 0.717) is 5.69 Å². The van der Waals surface area contributed by atoms with Crippen molar-refractivity contribution in [3.63, 3.8) is 0 Å². The minimum Gasteiger partial charge on any atom is -0.397 e. The van der Waals surface area contributed by atoms with Gasteiger partial charge >= 0.3 is 0 Å². The van der Waals surface area contributed by atoms with Crippen molar-refractivity contribution in [2.24, 2.45) is 0 Å². The van der Waals surface area contributed by atoms with Crippen LogP contribution in [0.2, 0.25) is 0 Å². The van der Waals surface area contributed by atoms with Gasteiger partial charge in [-0.1, -0.05) is 18.2 Å². The molecule has 0 fully saturated rings. The zero-order valence-electron chi connectivity index (χ0n) is 10.1. The molecular formula is C14H15N3O. The Morgan fingerprint density at radius 1 is 1.06 bits per heavy atom. The van der Waals surface area contributed by atoms with Gasteiger partial charge in [0.2, 0.25) is 5.91 Å². The largest absolute Gasteiger partial charge is 0.397 e. The molecule has 18 heavy (non-hydrogen) atoms. The fourth-order valence-electron chi connectivity index (χ4n) is 1.64. The van der Waals surface area contributed by atoms with Crippen LogP contribution in [0.25, 0.3) is 0 Å². The predicted molar refractivity (Wildman–Crippen MR) is 74.9 cm³/mol. The van der Waals surface area contributed by atoms with Crippen molar-refractivity contribution in [2.45, 2.75) is 6.92 Å². The highest BCUT2D eigenvalue weighted by atomic mass is 16.1. The van der Waals surface area contributed by atoms with E-state index in [-0.39, 0.29) is 5.91 Å². The second-order valence-corrected chi connectivity index (χ2v) is 3.97. The molecule has 4 nitrogen and oxygen atoms in total. The Balaban J connectivity index is 2.19. The van der Waals surface area contributed by atoms with Gasteiger partial charge in [-0.2, -0.15) is 0 Å². The zero-order chi connectivity index (χ0) is 13.0. The Morgan fingerprint density at radius 3 is 2.50 bits per heavy atom. The maximum atomic E-state index is 11.0. The first-order valence-electron chi connectivity index (χ1n) is 5.64. The van der Waals surface area contributed by atoms with Crippen LogP contribution in [0.3, 0.4) is 0 Å². The first-order chi connectivity index (χ1) is 8.65. The highest BCUT2D eigenvalue weighted by Crippen LogP contribution is 2.24. The van der Waals surface area contributed by atoms with E-state index >= 15 is 0 Å². The zero-order valence-corrected chi connectivity index (χ0v) is 10.1. The molecule has 2 aromatic carbocycles. The first-order valence-corrected chi connectivity index (χ1v) is 5.64. The molecule has 0 aliphatic rings. The number of carbonyl (C=O) groups excluding carboxylic acids is 1. The number of nitrogen functional groups attached to an aromatic ring is 1. The lowest BCUT2D eigenvalue weighted by atomic mass is 10.2. The molecule has 0 aromatic heterocycles. The minimum absolute atomic E-state index is 0.0913. The van der Waals surface area contributed by atoms with Gasteiger partial charge in [-0.05, 0) is 30.3 Å². The molecule has 0 spiro atoms. The highest BCUT2D eigenvalue weighted by molar-refractivity contribution is 5.89. The van der Waals surface area contributed by atoms with E-state index in [2.05, 4.69) is 10.6 Å². The number of para-hydroxylation sites is 2. The number of nitrogens with two attached hydrogens (primary N) is 1. The third-order valence-electron chi connectivity index (χ3n) is 2.42. The van der Waals surface area contributed by atoms with Crippen LogP contribution in [0.4, 0.5) is 22.7 Å². The summed E-state index contributed by atoms with van der Waals surface area (Å²) in [6, 6.07) is 15.0. The average molecular weight is 241 g/mol. The van der Waals surface area contributed by atoms with Gasteiger partial charge in [-0.3, -0.25) is 4.79 Å². The van der Waals surface area contributed by atoms with Gasteiger partial charge in [0.1, 0.15) is 0 Å². The molecule has 0 bridgehead atoms. The van der Waals surface area contributed by atoms with Gasteiger partial charge in [-0.25, -0.2) is 0 Å². The Bertz CT molecular complexity index is 566. The molecule has 0 atom stereocenters. The van der Waals surface area contributed by atoms with E-state index in [0.717, 1.165) is 17.1 Å². The summed E-state index contributed by atoms with van der Waals surface area (Å²) in [6.45, 7) is 1.48. The summed E-state index contributed by atoms with van der Waals surface area (Å²) in [4.78, 5) is 11.0. The van der Waals surface area contributed by atoms with Crippen LogP contribution in [0.15, 0.2) is 48.5 Å². The number of amides is 1. The van der Waals surface area contributed by atoms with Crippen molar-refractivity contribution in [1.29, 1.82) is 0 Å². The predicted octanol–water partition coefficient (Wildman–Crippen LogP) is 2.97. The van der Waals surface area contributed by atoms with Crippen molar-refractivity contribution >= 4 is 28.7 Å². The lowest BCUT2D eigenvalue weighted by Gasteiger charge is -2.10. The molecule has 0 aliphatic carbocycles. The van der Waals surface area contributed by atoms with Gasteiger partial charge in [0.25, 0.3) is 0 Å². The summed E-state index contributed by atoms with van der Waals surface area (Å²) < 4.78 is 0. The van der Waals surface area contributed by atoms with Crippen molar-refractivity contribution < 1.29 is 4.79 Å². The number of hydrogen-bond donors (Lipinski definition) is 3. The molecule has 92 valence electrons. The molecular weight excluding hydrogens is 226 g/mol. The van der Waals surface area contributed by atoms with Gasteiger partial charge in [0.05, 0.1) is 11.4 Å². The van der Waals surface area contributed by atoms with Gasteiger partial charge in [0.15, 0.2) is 0 Å². The smallest absolute Gasteiger partial charge is 0.221 e. The molecule has 4 N–H and O–H groups in total. The number of rotatable bonds is 3. The van der Waals surface area contributed by atoms with E-state index in [1.165, 1.54) is 6.92 Å². The van der Waals surface area contributed by atoms with Gasteiger partial charge in [0, 0.05) is 18.3 Å². The Morgan fingerprint density at radius 2 is 1.78 bits per heavy atom. The summed E-state index contributed by atoms with van der Waals surface area (Å²) in [6.07, 6.45) is 0. The normalized spacial score (nSPS) is 9.83. The van der Waals surface area contributed by atoms with Crippen molar-refractivity contribution in [2.75, 3.05) is 16.4 Å². The van der Waals surface area contributed by atoms with E-state index in [1.54, 1.807) is 0 Å². The van der Waals surface area contributed by atoms with Crippen LogP contribution in [0.5, 0.6) is 0 Å². The molecule has 0 unspecified atom stereocenters. The minimum atomic E-state index is -0.0913. The maximum Gasteiger partial charge on any atom is 0.221 e. The highest BCUT2D eigenvalue weighted by Gasteiger charge is 2.00. The summed E-state index contributed by atoms with van der Waals surface area (Å²) in [5, 5.41) is 5.94. The van der Waals surface area contributed by atoms with E-state index in [1.807, 2.05) is 48.5 Å². The quantitative estimate of drug-likeness (QED) is 0.724. The standard InChI is InChI=1S/C14H15N3O/c1-10(18)16-11-5-4-6-12(9-11)17-14-8-3-2-7-13(14)15/h2-9,17H,15H2,1H3,(H,16,18). The van der Waals surface area contributed by atoms with E-state index in [9.17, 15) is 4.79 Å². The Hall–Kier alpha value is -2.49. The maximum absolute atomic E-state index is 11.0. The molecule has 0 aliphatic heterocycles. The van der Waals surface area contributed by atoms with Crippen LogP contribution >= 0.6 is 0 Å². The first kappa shape index (κ1) is 12.0. The number of benzene rings is 2. The Kier molecular flexibility index (Phi) is 3.48. The number of hydrogen-bond acceptors (Lipinski definition) is 3. The SMILES string of the molecule is CC(=O)Nc1cccc(Nc2ccccc2N)c1. The van der Waals surface area contributed by atoms with Gasteiger partial charge in [-0.15, -0.1) is 0 Å². The van der Waals surface area contributed by atoms with Gasteiger partial charge < -0.3 is 16.4 Å². The van der Waals surface area contributed by atoms with Crippen molar-refractivity contribution in [3.8, 4) is 0 Å². The summed E-state index contributed by atoms with van der Waals surface area (Å²) in [7, 11) is 0. The Labute approximate surface area is 106 Å². The van der Waals surface area contributed by atoms with Crippen LogP contribution in [0, 0.1) is 0 Å². The number of anilines is 4. The molecule has 0 radical (unpaired) electrons. The second-order valence-electron chi connectivity index (χ2n) is 3.97. The van der Waals surface area contributed by atoms with Crippen molar-refractivity contribution in [1.82, 2.24) is 0 Å². The fourth-order valence-corrected chi connectivity index (χ4v) is 1.64. The second kappa shape index (κ2) is 5.23. The fraction of sp³-hybridized carbons (Fsp3) is 0.0714. The molecule has 0 heterocycles. The third-order valence-corrected chi connectivity index (χ3v) is 2.42.